The molecule has 2 rings (SSSR count). The third-order valence-electron chi connectivity index (χ3n) is 3.64. The highest BCUT2D eigenvalue weighted by Gasteiger charge is 2.34. The highest BCUT2D eigenvalue weighted by atomic mass is 16.5. The van der Waals surface area contributed by atoms with E-state index in [1.807, 2.05) is 12.1 Å². The number of carbonyl (C=O) groups is 1. The summed E-state index contributed by atoms with van der Waals surface area (Å²) in [6.07, 6.45) is 0.814. The van der Waals surface area contributed by atoms with Crippen molar-refractivity contribution in [1.29, 1.82) is 0 Å². The lowest BCUT2D eigenvalue weighted by molar-refractivity contribution is -0.147. The zero-order valence-corrected chi connectivity index (χ0v) is 10.8. The van der Waals surface area contributed by atoms with Crippen molar-refractivity contribution in [2.75, 3.05) is 27.2 Å². The molecule has 2 unspecified atom stereocenters. The van der Waals surface area contributed by atoms with Crippen LogP contribution in [0.4, 0.5) is 0 Å². The lowest BCUT2D eigenvalue weighted by atomic mass is 9.81. The monoisotopic (exact) mass is 249 g/mol. The molecule has 18 heavy (non-hydrogen) atoms. The first-order valence-corrected chi connectivity index (χ1v) is 6.17. The van der Waals surface area contributed by atoms with E-state index in [0.29, 0.717) is 0 Å². The van der Waals surface area contributed by atoms with Gasteiger partial charge in [0.05, 0.1) is 13.0 Å². The van der Waals surface area contributed by atoms with E-state index < -0.39 is 0 Å². The van der Waals surface area contributed by atoms with Gasteiger partial charge in [-0.25, -0.2) is 0 Å². The van der Waals surface area contributed by atoms with E-state index in [1.54, 1.807) is 12.1 Å². The van der Waals surface area contributed by atoms with Crippen LogP contribution in [0.15, 0.2) is 24.3 Å². The number of likely N-dealkylation sites (tertiary alicyclic amines) is 1. The van der Waals surface area contributed by atoms with Crippen LogP contribution in [0.25, 0.3) is 0 Å². The van der Waals surface area contributed by atoms with Gasteiger partial charge in [0.25, 0.3) is 0 Å². The van der Waals surface area contributed by atoms with Crippen molar-refractivity contribution in [3.63, 3.8) is 0 Å². The Morgan fingerprint density at radius 2 is 2.06 bits per heavy atom. The Kier molecular flexibility index (Phi) is 3.87. The molecule has 1 heterocycles. The molecule has 1 aromatic carbocycles. The van der Waals surface area contributed by atoms with Gasteiger partial charge in [0.15, 0.2) is 0 Å². The number of esters is 1. The number of phenols is 1. The maximum atomic E-state index is 11.8. The van der Waals surface area contributed by atoms with Gasteiger partial charge in [-0.15, -0.1) is 0 Å². The van der Waals surface area contributed by atoms with E-state index >= 15 is 0 Å². The molecule has 0 saturated carbocycles. The Balaban J connectivity index is 2.24. The number of aromatic hydroxyl groups is 1. The van der Waals surface area contributed by atoms with E-state index in [-0.39, 0.29) is 23.6 Å². The van der Waals surface area contributed by atoms with Gasteiger partial charge in [-0.05, 0) is 37.7 Å². The summed E-state index contributed by atoms with van der Waals surface area (Å²) < 4.78 is 4.89. The van der Waals surface area contributed by atoms with Gasteiger partial charge in [0.1, 0.15) is 5.75 Å². The summed E-state index contributed by atoms with van der Waals surface area (Å²) in [5.41, 5.74) is 1.08. The van der Waals surface area contributed by atoms with Crippen LogP contribution in [-0.2, 0) is 9.53 Å². The summed E-state index contributed by atoms with van der Waals surface area (Å²) in [7, 11) is 3.50. The smallest absolute Gasteiger partial charge is 0.309 e. The molecule has 4 heteroatoms. The largest absolute Gasteiger partial charge is 0.508 e. The number of likely N-dealkylation sites (N-methyl/N-ethyl adjacent to an activating group) is 1. The van der Waals surface area contributed by atoms with E-state index in [4.69, 9.17) is 4.74 Å². The molecule has 98 valence electrons. The van der Waals surface area contributed by atoms with E-state index in [0.717, 1.165) is 25.1 Å². The second-order valence-corrected chi connectivity index (χ2v) is 4.88. The van der Waals surface area contributed by atoms with Crippen molar-refractivity contribution in [3.05, 3.63) is 29.8 Å². The minimum atomic E-state index is -0.138. The van der Waals surface area contributed by atoms with Crippen LogP contribution in [0.5, 0.6) is 5.75 Å². The van der Waals surface area contributed by atoms with Crippen molar-refractivity contribution >= 4 is 5.97 Å². The molecule has 0 aliphatic carbocycles. The summed E-state index contributed by atoms with van der Waals surface area (Å²) >= 11 is 0. The number of hydrogen-bond acceptors (Lipinski definition) is 4. The molecule has 0 amide bonds. The molecule has 1 N–H and O–H groups in total. The maximum Gasteiger partial charge on any atom is 0.309 e. The van der Waals surface area contributed by atoms with Gasteiger partial charge in [0, 0.05) is 12.5 Å². The SMILES string of the molecule is COC(=O)C1CCN(C)CC1c1ccc(O)cc1. The number of hydrogen-bond donors (Lipinski definition) is 1. The average Bonchev–Trinajstić information content (AvgIpc) is 2.38. The molecule has 0 bridgehead atoms. The number of methoxy groups -OCH3 is 1. The van der Waals surface area contributed by atoms with Gasteiger partial charge < -0.3 is 14.7 Å². The Labute approximate surface area is 107 Å². The lowest BCUT2D eigenvalue weighted by Crippen LogP contribution is -2.40. The summed E-state index contributed by atoms with van der Waals surface area (Å²) in [4.78, 5) is 14.1. The molecule has 4 nitrogen and oxygen atoms in total. The van der Waals surface area contributed by atoms with Crippen LogP contribution in [0.1, 0.15) is 17.9 Å². The molecule has 1 fully saturated rings. The first kappa shape index (κ1) is 12.9. The third kappa shape index (κ3) is 2.64. The molecular formula is C14H19NO3. The summed E-state index contributed by atoms with van der Waals surface area (Å²) in [6, 6.07) is 7.10. The quantitative estimate of drug-likeness (QED) is 0.809. The van der Waals surface area contributed by atoms with E-state index in [9.17, 15) is 9.90 Å². The zero-order valence-electron chi connectivity index (χ0n) is 10.8. The summed E-state index contributed by atoms with van der Waals surface area (Å²) in [6.45, 7) is 1.75. The highest BCUT2D eigenvalue weighted by Crippen LogP contribution is 2.33. The molecular weight excluding hydrogens is 230 g/mol. The fourth-order valence-corrected chi connectivity index (χ4v) is 2.61. The maximum absolute atomic E-state index is 11.8. The summed E-state index contributed by atoms with van der Waals surface area (Å²) in [5.74, 6) is 0.159. The van der Waals surface area contributed by atoms with Crippen molar-refractivity contribution in [1.82, 2.24) is 4.90 Å². The van der Waals surface area contributed by atoms with Crippen LogP contribution in [0, 0.1) is 5.92 Å². The molecule has 2 atom stereocenters. The first-order valence-electron chi connectivity index (χ1n) is 6.17. The molecule has 0 aromatic heterocycles. The number of nitrogens with zero attached hydrogens (tertiary/aromatic N) is 1. The summed E-state index contributed by atoms with van der Waals surface area (Å²) in [5, 5.41) is 9.33. The predicted octanol–water partition coefficient (Wildman–Crippen LogP) is 1.60. The van der Waals surface area contributed by atoms with Crippen LogP contribution in [0.2, 0.25) is 0 Å². The molecule has 0 radical (unpaired) electrons. The average molecular weight is 249 g/mol. The Bertz CT molecular complexity index is 416. The highest BCUT2D eigenvalue weighted by molar-refractivity contribution is 5.73. The Hall–Kier alpha value is -1.55. The second kappa shape index (κ2) is 5.40. The lowest BCUT2D eigenvalue weighted by Gasteiger charge is -2.35. The number of rotatable bonds is 2. The molecule has 0 spiro atoms. The number of benzene rings is 1. The molecule has 1 aliphatic rings. The fourth-order valence-electron chi connectivity index (χ4n) is 2.61. The van der Waals surface area contributed by atoms with E-state index in [1.165, 1.54) is 7.11 Å². The fraction of sp³-hybridized carbons (Fsp3) is 0.500. The van der Waals surface area contributed by atoms with E-state index in [2.05, 4.69) is 11.9 Å². The zero-order chi connectivity index (χ0) is 13.1. The van der Waals surface area contributed by atoms with Crippen molar-refractivity contribution < 1.29 is 14.6 Å². The van der Waals surface area contributed by atoms with Crippen molar-refractivity contribution in [2.24, 2.45) is 5.92 Å². The first-order chi connectivity index (χ1) is 8.61. The van der Waals surface area contributed by atoms with Crippen LogP contribution in [0.3, 0.4) is 0 Å². The number of carbonyl (C=O) groups excluding carboxylic acids is 1. The number of piperidine rings is 1. The van der Waals surface area contributed by atoms with Gasteiger partial charge in [-0.2, -0.15) is 0 Å². The molecule has 1 aromatic rings. The van der Waals surface area contributed by atoms with Crippen LogP contribution >= 0.6 is 0 Å². The Morgan fingerprint density at radius 3 is 2.67 bits per heavy atom. The van der Waals surface area contributed by atoms with Crippen LogP contribution in [-0.4, -0.2) is 43.2 Å². The minimum Gasteiger partial charge on any atom is -0.508 e. The van der Waals surface area contributed by atoms with Gasteiger partial charge in [0.2, 0.25) is 0 Å². The second-order valence-electron chi connectivity index (χ2n) is 4.88. The normalized spacial score (nSPS) is 24.8. The number of ether oxygens (including phenoxy) is 1. The standard InChI is InChI=1S/C14H19NO3/c1-15-8-7-12(14(17)18-2)13(9-15)10-3-5-11(16)6-4-10/h3-6,12-13,16H,7-9H2,1-2H3. The topological polar surface area (TPSA) is 49.8 Å². The van der Waals surface area contributed by atoms with Crippen molar-refractivity contribution in [3.8, 4) is 5.75 Å². The van der Waals surface area contributed by atoms with Gasteiger partial charge in [-0.1, -0.05) is 12.1 Å². The van der Waals surface area contributed by atoms with Crippen molar-refractivity contribution in [2.45, 2.75) is 12.3 Å². The Morgan fingerprint density at radius 1 is 1.39 bits per heavy atom. The minimum absolute atomic E-state index is 0.0873. The van der Waals surface area contributed by atoms with Gasteiger partial charge >= 0.3 is 5.97 Å². The third-order valence-corrected chi connectivity index (χ3v) is 3.64. The molecule has 1 aliphatic heterocycles. The number of phenolic OH excluding ortho intramolecular Hbond substituents is 1. The predicted molar refractivity (Wildman–Crippen MR) is 68.5 cm³/mol. The van der Waals surface area contributed by atoms with Gasteiger partial charge in [-0.3, -0.25) is 4.79 Å². The molecule has 1 saturated heterocycles. The van der Waals surface area contributed by atoms with Crippen LogP contribution < -0.4 is 0 Å².